The van der Waals surface area contributed by atoms with E-state index in [0.29, 0.717) is 49.3 Å². The minimum Gasteiger partial charge on any atom is -0.490 e. The highest BCUT2D eigenvalue weighted by Crippen LogP contribution is 2.47. The third-order valence-electron chi connectivity index (χ3n) is 11.5. The molecule has 2 amide bonds. The largest absolute Gasteiger partial charge is 0.490 e. The molecule has 5 atom stereocenters. The van der Waals surface area contributed by atoms with Crippen molar-refractivity contribution in [2.75, 3.05) is 51.5 Å². The van der Waals surface area contributed by atoms with E-state index in [-0.39, 0.29) is 40.9 Å². The van der Waals surface area contributed by atoms with Crippen LogP contribution in [0.5, 0.6) is 5.75 Å². The summed E-state index contributed by atoms with van der Waals surface area (Å²) in [5.74, 6) is -0.0455. The quantitative estimate of drug-likeness (QED) is 0.399. The van der Waals surface area contributed by atoms with Gasteiger partial charge < -0.3 is 28.7 Å². The summed E-state index contributed by atoms with van der Waals surface area (Å²) in [5, 5.41) is 0.701. The Hall–Kier alpha value is -3.32. The predicted molar refractivity (Wildman–Crippen MR) is 193 cm³/mol. The Balaban J connectivity index is 1.27. The molecule has 1 saturated carbocycles. The summed E-state index contributed by atoms with van der Waals surface area (Å²) in [5.41, 5.74) is 1.24. The van der Waals surface area contributed by atoms with Gasteiger partial charge in [-0.15, -0.1) is 0 Å². The van der Waals surface area contributed by atoms with Gasteiger partial charge in [0.2, 0.25) is 0 Å². The van der Waals surface area contributed by atoms with Crippen LogP contribution in [0.25, 0.3) is 0 Å². The Kier molecular flexibility index (Phi) is 10.1. The number of likely N-dealkylation sites (tertiary alicyclic amines) is 1. The second-order valence-corrected chi connectivity index (χ2v) is 17.3. The molecule has 2 aromatic carbocycles. The third-order valence-corrected chi connectivity index (χ3v) is 13.1. The second-order valence-electron chi connectivity index (χ2n) is 15.2. The first-order chi connectivity index (χ1) is 24.4. The summed E-state index contributed by atoms with van der Waals surface area (Å²) in [4.78, 5) is 31.0. The van der Waals surface area contributed by atoms with Crippen LogP contribution in [-0.4, -0.2) is 89.6 Å². The molecular weight excluding hydrogens is 694 g/mol. The number of benzene rings is 2. The van der Waals surface area contributed by atoms with Gasteiger partial charge in [-0.2, -0.15) is 0 Å². The lowest BCUT2D eigenvalue weighted by atomic mass is 9.68. The van der Waals surface area contributed by atoms with Crippen LogP contribution >= 0.6 is 11.6 Å². The number of rotatable bonds is 3. The smallest absolute Gasteiger partial charge is 0.410 e. The number of methoxy groups -OCH3 is 1. The third kappa shape index (κ3) is 7.21. The molecule has 0 aromatic heterocycles. The normalized spacial score (nSPS) is 30.5. The zero-order valence-electron chi connectivity index (χ0n) is 29.6. The average molecular weight is 742 g/mol. The Morgan fingerprint density at radius 2 is 1.96 bits per heavy atom. The van der Waals surface area contributed by atoms with E-state index in [9.17, 15) is 18.0 Å². The van der Waals surface area contributed by atoms with Gasteiger partial charge in [-0.3, -0.25) is 4.79 Å². The van der Waals surface area contributed by atoms with Crippen LogP contribution in [-0.2, 0) is 40.9 Å². The number of halogens is 1. The molecule has 3 aliphatic heterocycles. The molecule has 13 heteroatoms. The molecule has 2 aliphatic carbocycles. The van der Waals surface area contributed by atoms with Crippen LogP contribution in [0.2, 0.25) is 5.02 Å². The number of hydrogen-bond donors (Lipinski definition) is 1. The monoisotopic (exact) mass is 741 g/mol. The number of carbonyl (C=O) groups is 2. The number of amides is 2. The zero-order valence-corrected chi connectivity index (χ0v) is 31.1. The van der Waals surface area contributed by atoms with Crippen LogP contribution in [0.1, 0.15) is 63.5 Å². The summed E-state index contributed by atoms with van der Waals surface area (Å²) in [7, 11) is -2.60. The summed E-state index contributed by atoms with van der Waals surface area (Å²) >= 11 is 6.45. The lowest BCUT2D eigenvalue weighted by Gasteiger charge is -2.46. The number of fused-ring (bicyclic) bond motifs is 4. The van der Waals surface area contributed by atoms with E-state index < -0.39 is 27.6 Å². The van der Waals surface area contributed by atoms with Gasteiger partial charge >= 0.3 is 6.09 Å². The minimum atomic E-state index is -4.24. The number of sulfonamides is 1. The highest BCUT2D eigenvalue weighted by Gasteiger charge is 2.46. The molecule has 7 rings (SSSR count). The number of hydrogen-bond acceptors (Lipinski definition) is 9. The van der Waals surface area contributed by atoms with E-state index in [1.807, 2.05) is 18.2 Å². The fraction of sp³-hybridized carbons (Fsp3) is 0.579. The van der Waals surface area contributed by atoms with Crippen molar-refractivity contribution in [3.05, 3.63) is 64.7 Å². The van der Waals surface area contributed by atoms with Crippen molar-refractivity contribution < 1.29 is 37.0 Å². The van der Waals surface area contributed by atoms with Gasteiger partial charge in [0, 0.05) is 43.1 Å². The summed E-state index contributed by atoms with van der Waals surface area (Å²) in [6.45, 7) is 5.78. The van der Waals surface area contributed by atoms with Crippen molar-refractivity contribution >= 4 is 39.3 Å². The average Bonchev–Trinajstić information content (AvgIpc) is 3.49. The van der Waals surface area contributed by atoms with Gasteiger partial charge in [0.1, 0.15) is 17.5 Å². The SMILES string of the molecule is COC[C@H]1CCCN1C(=O)O[C@H]1/C=C\COC(C)(C)C(=O)NS(=O)(=O)c2ccc3c(c2)N(C[C@@H]2CC[C@H]21)C[C@@]1(CCCc2cc(Cl)ccc21)CO3. The van der Waals surface area contributed by atoms with Crippen LogP contribution in [0.4, 0.5) is 10.5 Å². The molecule has 51 heavy (non-hydrogen) atoms. The lowest BCUT2D eigenvalue weighted by Crippen LogP contribution is -2.50. The van der Waals surface area contributed by atoms with Crippen LogP contribution in [0.3, 0.4) is 0 Å². The first-order valence-corrected chi connectivity index (χ1v) is 19.9. The summed E-state index contributed by atoms with van der Waals surface area (Å²) < 4.78 is 53.7. The molecule has 0 radical (unpaired) electrons. The molecule has 1 saturated heterocycles. The van der Waals surface area contributed by atoms with E-state index in [2.05, 4.69) is 15.7 Å². The van der Waals surface area contributed by atoms with Gasteiger partial charge in [-0.1, -0.05) is 23.7 Å². The molecule has 2 fully saturated rings. The number of nitrogens with zero attached hydrogens (tertiary/aromatic N) is 2. The van der Waals surface area contributed by atoms with Crippen LogP contribution < -0.4 is 14.4 Å². The topological polar surface area (TPSA) is 124 Å². The highest BCUT2D eigenvalue weighted by atomic mass is 35.5. The Labute approximate surface area is 305 Å². The summed E-state index contributed by atoms with van der Waals surface area (Å²) in [6, 6.07) is 10.9. The van der Waals surface area contributed by atoms with E-state index in [1.165, 1.54) is 31.0 Å². The number of anilines is 1. The Morgan fingerprint density at radius 3 is 2.75 bits per heavy atom. The maximum Gasteiger partial charge on any atom is 0.410 e. The molecule has 276 valence electrons. The fourth-order valence-corrected chi connectivity index (χ4v) is 9.83. The van der Waals surface area contributed by atoms with Crippen molar-refractivity contribution in [2.24, 2.45) is 11.8 Å². The standard InChI is InChI=1S/C38H48ClN3O8S/c1-37(2)35(43)40-51(45,46)29-12-15-34-32(20-29)41(23-38(24-48-34)16-4-7-25-19-27(39)11-14-31(25)38)21-26-10-13-30(26)33(9-6-18-49-37)50-36(44)42-17-5-8-28(42)22-47-3/h6,9,11-12,14-15,19-20,26,28,30,33H,4-5,7-8,10,13,16-18,21-24H2,1-3H3,(H,40,43)/b9-6-/t26-,28+,30+,33-,38-/m0/s1. The first kappa shape index (κ1) is 36.1. The molecule has 5 aliphatic rings. The van der Waals surface area contributed by atoms with E-state index in [1.54, 1.807) is 30.2 Å². The van der Waals surface area contributed by atoms with E-state index >= 15 is 0 Å². The van der Waals surface area contributed by atoms with Crippen LogP contribution in [0, 0.1) is 11.8 Å². The molecule has 3 heterocycles. The molecule has 0 unspecified atom stereocenters. The second kappa shape index (κ2) is 14.2. The molecule has 11 nitrogen and oxygen atoms in total. The van der Waals surface area contributed by atoms with Gasteiger partial charge in [0.15, 0.2) is 0 Å². The van der Waals surface area contributed by atoms with Gasteiger partial charge in [-0.05, 0) is 112 Å². The number of ether oxygens (including phenoxy) is 4. The van der Waals surface area contributed by atoms with Crippen molar-refractivity contribution in [1.82, 2.24) is 9.62 Å². The highest BCUT2D eigenvalue weighted by molar-refractivity contribution is 7.90. The summed E-state index contributed by atoms with van der Waals surface area (Å²) in [6.07, 6.45) is 9.10. The predicted octanol–water partition coefficient (Wildman–Crippen LogP) is 5.63. The number of aryl methyl sites for hydroxylation is 1. The molecule has 1 spiro atoms. The van der Waals surface area contributed by atoms with Crippen molar-refractivity contribution in [3.63, 3.8) is 0 Å². The first-order valence-electron chi connectivity index (χ1n) is 18.0. The number of nitrogens with one attached hydrogen (secondary N) is 1. The molecule has 1 N–H and O–H groups in total. The molecular formula is C38H48ClN3O8S. The van der Waals surface area contributed by atoms with Crippen molar-refractivity contribution in [3.8, 4) is 5.75 Å². The lowest BCUT2D eigenvalue weighted by molar-refractivity contribution is -0.139. The Bertz CT molecular complexity index is 1800. The van der Waals surface area contributed by atoms with Crippen molar-refractivity contribution in [1.29, 1.82) is 0 Å². The molecule has 2 bridgehead atoms. The van der Waals surface area contributed by atoms with Gasteiger partial charge in [-0.25, -0.2) is 17.9 Å². The molecule has 2 aromatic rings. The van der Waals surface area contributed by atoms with Gasteiger partial charge in [0.05, 0.1) is 36.4 Å². The van der Waals surface area contributed by atoms with E-state index in [4.69, 9.17) is 30.5 Å². The Morgan fingerprint density at radius 1 is 1.12 bits per heavy atom. The minimum absolute atomic E-state index is 0.0193. The number of carbonyl (C=O) groups excluding carboxylic acids is 2. The maximum absolute atomic E-state index is 13.7. The fourth-order valence-electron chi connectivity index (χ4n) is 8.51. The van der Waals surface area contributed by atoms with Crippen LogP contribution in [0.15, 0.2) is 53.4 Å². The zero-order chi connectivity index (χ0) is 36.0. The van der Waals surface area contributed by atoms with Gasteiger partial charge in [0.25, 0.3) is 15.9 Å². The maximum atomic E-state index is 13.7. The van der Waals surface area contributed by atoms with E-state index in [0.717, 1.165) is 44.9 Å². The van der Waals surface area contributed by atoms with Crippen molar-refractivity contribution in [2.45, 2.75) is 86.9 Å².